The van der Waals surface area contributed by atoms with Crippen molar-refractivity contribution in [1.82, 2.24) is 19.5 Å². The number of aromatic nitrogens is 3. The van der Waals surface area contributed by atoms with Crippen LogP contribution in [0, 0.1) is 0 Å². The van der Waals surface area contributed by atoms with Crippen molar-refractivity contribution >= 4 is 27.9 Å². The van der Waals surface area contributed by atoms with E-state index in [0.717, 1.165) is 10.4 Å². The highest BCUT2D eigenvalue weighted by molar-refractivity contribution is 7.17. The van der Waals surface area contributed by atoms with Gasteiger partial charge in [0.25, 0.3) is 0 Å². The van der Waals surface area contributed by atoms with Crippen LogP contribution in [-0.2, 0) is 9.47 Å². The number of benzene rings is 1. The van der Waals surface area contributed by atoms with Crippen LogP contribution in [0.3, 0.4) is 0 Å². The lowest BCUT2D eigenvalue weighted by atomic mass is 10.0. The molecule has 1 unspecified atom stereocenters. The van der Waals surface area contributed by atoms with Crippen LogP contribution in [0.4, 0.5) is 0 Å². The van der Waals surface area contributed by atoms with E-state index in [9.17, 15) is 5.11 Å². The lowest BCUT2D eigenvalue weighted by Gasteiger charge is -2.31. The molecule has 0 amide bonds. The average molecular weight is 397 g/mol. The van der Waals surface area contributed by atoms with E-state index in [2.05, 4.69) is 15.0 Å². The van der Waals surface area contributed by atoms with E-state index in [1.54, 1.807) is 14.2 Å². The molecule has 0 fully saturated rings. The zero-order valence-electron chi connectivity index (χ0n) is 14.6. The Bertz CT molecular complexity index is 828. The summed E-state index contributed by atoms with van der Waals surface area (Å²) in [6.07, 6.45) is 1.43. The Morgan fingerprint density at radius 3 is 2.42 bits per heavy atom. The molecule has 26 heavy (non-hydrogen) atoms. The Hall–Kier alpha value is -1.71. The molecule has 0 aliphatic rings. The molecule has 3 rings (SSSR count). The molecule has 0 saturated heterocycles. The number of thiazole rings is 1. The number of rotatable bonds is 9. The van der Waals surface area contributed by atoms with Crippen molar-refractivity contribution in [2.24, 2.45) is 0 Å². The molecule has 1 N–H and O–H groups in total. The van der Waals surface area contributed by atoms with E-state index in [0.29, 0.717) is 36.3 Å². The highest BCUT2D eigenvalue weighted by Crippen LogP contribution is 2.39. The van der Waals surface area contributed by atoms with Gasteiger partial charge < -0.3 is 14.6 Å². The molecule has 0 aliphatic heterocycles. The monoisotopic (exact) mass is 396 g/mol. The van der Waals surface area contributed by atoms with Gasteiger partial charge in [0.1, 0.15) is 6.33 Å². The van der Waals surface area contributed by atoms with Crippen LogP contribution in [0.2, 0.25) is 5.02 Å². The topological polar surface area (TPSA) is 72.1 Å². The molecule has 0 saturated carbocycles. The van der Waals surface area contributed by atoms with E-state index in [4.69, 9.17) is 21.1 Å². The highest BCUT2D eigenvalue weighted by Gasteiger charge is 2.29. The van der Waals surface area contributed by atoms with E-state index in [1.807, 2.05) is 24.3 Å². The first-order valence-electron chi connectivity index (χ1n) is 8.14. The number of nitrogens with zero attached hydrogens (tertiary/aromatic N) is 4. The second kappa shape index (κ2) is 8.79. The molecule has 0 aliphatic carbocycles. The maximum absolute atomic E-state index is 10.7. The first-order valence-corrected chi connectivity index (χ1v) is 9.34. The van der Waals surface area contributed by atoms with Crippen LogP contribution in [0.15, 0.2) is 30.6 Å². The first-order chi connectivity index (χ1) is 12.7. The van der Waals surface area contributed by atoms with Crippen molar-refractivity contribution in [3.05, 3.63) is 46.1 Å². The van der Waals surface area contributed by atoms with Crippen LogP contribution in [0.25, 0.3) is 4.96 Å². The van der Waals surface area contributed by atoms with Crippen LogP contribution in [-0.4, -0.2) is 65.1 Å². The molecule has 9 heteroatoms. The van der Waals surface area contributed by atoms with Crippen LogP contribution < -0.4 is 0 Å². The Kier molecular flexibility index (Phi) is 6.44. The van der Waals surface area contributed by atoms with Crippen molar-refractivity contribution < 1.29 is 14.6 Å². The van der Waals surface area contributed by atoms with Crippen LogP contribution in [0.1, 0.15) is 16.5 Å². The molecule has 7 nitrogen and oxygen atoms in total. The van der Waals surface area contributed by atoms with Crippen molar-refractivity contribution in [3.8, 4) is 5.88 Å². The minimum Gasteiger partial charge on any atom is -0.492 e. The fourth-order valence-corrected chi connectivity index (χ4v) is 4.05. The fourth-order valence-electron chi connectivity index (χ4n) is 2.83. The highest BCUT2D eigenvalue weighted by atomic mass is 35.5. The van der Waals surface area contributed by atoms with Gasteiger partial charge in [-0.2, -0.15) is 9.61 Å². The normalized spacial score (nSPS) is 12.9. The van der Waals surface area contributed by atoms with Gasteiger partial charge in [-0.3, -0.25) is 4.90 Å². The lowest BCUT2D eigenvalue weighted by Crippen LogP contribution is -2.35. The summed E-state index contributed by atoms with van der Waals surface area (Å²) in [5.41, 5.74) is 1.02. The summed E-state index contributed by atoms with van der Waals surface area (Å²) in [5, 5.41) is 15.5. The number of hydrogen-bond acceptors (Lipinski definition) is 7. The summed E-state index contributed by atoms with van der Waals surface area (Å²) < 4.78 is 12.0. The lowest BCUT2D eigenvalue weighted by molar-refractivity contribution is 0.0973. The third-order valence-electron chi connectivity index (χ3n) is 4.10. The molecular formula is C17H21ClN4O3S. The standard InChI is InChI=1S/C17H21ClN4O3S/c1-24-9-7-21(8-10-25-2)14(12-3-5-13(18)6-4-12)15-16(23)22-17(26-15)19-11-20-22/h3-6,11,14,23H,7-10H2,1-2H3. The van der Waals surface area contributed by atoms with Gasteiger partial charge in [0.05, 0.1) is 24.1 Å². The molecule has 0 bridgehead atoms. The predicted molar refractivity (Wildman–Crippen MR) is 101 cm³/mol. The van der Waals surface area contributed by atoms with Gasteiger partial charge >= 0.3 is 0 Å². The van der Waals surface area contributed by atoms with E-state index < -0.39 is 0 Å². The van der Waals surface area contributed by atoms with Crippen molar-refractivity contribution in [1.29, 1.82) is 0 Å². The Morgan fingerprint density at radius 2 is 1.85 bits per heavy atom. The second-order valence-corrected chi connectivity index (χ2v) is 7.17. The average Bonchev–Trinajstić information content (AvgIpc) is 3.22. The summed E-state index contributed by atoms with van der Waals surface area (Å²) >= 11 is 7.48. The largest absolute Gasteiger partial charge is 0.492 e. The number of halogens is 1. The van der Waals surface area contributed by atoms with Crippen molar-refractivity contribution in [2.45, 2.75) is 6.04 Å². The Morgan fingerprint density at radius 1 is 1.19 bits per heavy atom. The number of ether oxygens (including phenoxy) is 2. The van der Waals surface area contributed by atoms with Gasteiger partial charge in [-0.25, -0.2) is 4.98 Å². The smallest absolute Gasteiger partial charge is 0.230 e. The van der Waals surface area contributed by atoms with Gasteiger partial charge in [0.15, 0.2) is 0 Å². The van der Waals surface area contributed by atoms with E-state index in [-0.39, 0.29) is 11.9 Å². The summed E-state index contributed by atoms with van der Waals surface area (Å²) in [4.78, 5) is 7.83. The van der Waals surface area contributed by atoms with Gasteiger partial charge in [-0.05, 0) is 17.7 Å². The fraction of sp³-hybridized carbons (Fsp3) is 0.412. The van der Waals surface area contributed by atoms with Crippen LogP contribution >= 0.6 is 22.9 Å². The molecular weight excluding hydrogens is 376 g/mol. The zero-order valence-corrected chi connectivity index (χ0v) is 16.2. The maximum atomic E-state index is 10.7. The molecule has 140 valence electrons. The van der Waals surface area contributed by atoms with Gasteiger partial charge in [-0.15, -0.1) is 0 Å². The molecule has 2 aromatic heterocycles. The summed E-state index contributed by atoms with van der Waals surface area (Å²) in [6, 6.07) is 7.45. The van der Waals surface area contributed by atoms with Gasteiger partial charge in [0, 0.05) is 32.3 Å². The second-order valence-electron chi connectivity index (χ2n) is 5.72. The predicted octanol–water partition coefficient (Wildman–Crippen LogP) is 2.83. The van der Waals surface area contributed by atoms with E-state index >= 15 is 0 Å². The van der Waals surface area contributed by atoms with E-state index in [1.165, 1.54) is 22.2 Å². The molecule has 2 heterocycles. The SMILES string of the molecule is COCCN(CCOC)C(c1ccc(Cl)cc1)c1sc2ncnn2c1O. The number of hydrogen-bond donors (Lipinski definition) is 1. The van der Waals surface area contributed by atoms with Gasteiger partial charge in [-0.1, -0.05) is 35.1 Å². The molecule has 1 aromatic carbocycles. The summed E-state index contributed by atoms with van der Waals surface area (Å²) in [7, 11) is 3.35. The Labute approximate surface area is 160 Å². The third-order valence-corrected chi connectivity index (χ3v) is 5.44. The quantitative estimate of drug-likeness (QED) is 0.599. The Balaban J connectivity index is 2.05. The number of methoxy groups -OCH3 is 2. The zero-order chi connectivity index (χ0) is 18.5. The molecule has 0 spiro atoms. The van der Waals surface area contributed by atoms with Crippen LogP contribution in [0.5, 0.6) is 5.88 Å². The maximum Gasteiger partial charge on any atom is 0.230 e. The molecule has 0 radical (unpaired) electrons. The number of aromatic hydroxyl groups is 1. The number of fused-ring (bicyclic) bond motifs is 1. The van der Waals surface area contributed by atoms with Gasteiger partial charge in [0.2, 0.25) is 10.8 Å². The first kappa shape index (κ1) is 19.1. The summed E-state index contributed by atoms with van der Waals surface area (Å²) in [6.45, 7) is 2.49. The molecule has 3 aromatic rings. The summed E-state index contributed by atoms with van der Waals surface area (Å²) in [5.74, 6) is 0.0993. The molecule has 1 atom stereocenters. The minimum atomic E-state index is -0.189. The third kappa shape index (κ3) is 3.99. The van der Waals surface area contributed by atoms with Crippen molar-refractivity contribution in [2.75, 3.05) is 40.5 Å². The van der Waals surface area contributed by atoms with Crippen molar-refractivity contribution in [3.63, 3.8) is 0 Å². The minimum absolute atomic E-state index is 0.0993.